The van der Waals surface area contributed by atoms with Gasteiger partial charge in [-0.25, -0.2) is 9.78 Å². The van der Waals surface area contributed by atoms with Gasteiger partial charge in [-0.1, -0.05) is 42.5 Å². The number of carboxylic acid groups (broad SMARTS) is 1. The van der Waals surface area contributed by atoms with Gasteiger partial charge in [-0.15, -0.1) is 0 Å². The number of nitrogens with zero attached hydrogens (tertiary/aromatic N) is 2. The minimum atomic E-state index is -1.37. The van der Waals surface area contributed by atoms with E-state index in [-0.39, 0.29) is 17.1 Å². The summed E-state index contributed by atoms with van der Waals surface area (Å²) in [5.74, 6) is 0.288. The summed E-state index contributed by atoms with van der Waals surface area (Å²) in [6.07, 6.45) is 1.69. The fourth-order valence-electron chi connectivity index (χ4n) is 3.75. The molecule has 8 heteroatoms. The topological polar surface area (TPSA) is 124 Å². The van der Waals surface area contributed by atoms with E-state index in [2.05, 4.69) is 20.2 Å². The molecule has 0 bridgehead atoms. The van der Waals surface area contributed by atoms with E-state index in [1.807, 2.05) is 36.4 Å². The van der Waals surface area contributed by atoms with Crippen LogP contribution < -0.4 is 4.74 Å². The first kappa shape index (κ1) is 20.5. The third-order valence-corrected chi connectivity index (χ3v) is 5.50. The lowest BCUT2D eigenvalue weighted by Gasteiger charge is -2.19. The minimum absolute atomic E-state index is 0.0833. The van der Waals surface area contributed by atoms with E-state index in [1.165, 1.54) is 0 Å². The van der Waals surface area contributed by atoms with Gasteiger partial charge in [0.1, 0.15) is 22.7 Å². The highest BCUT2D eigenvalue weighted by Gasteiger charge is 2.30. The second kappa shape index (κ2) is 7.92. The number of aromatic carboxylic acids is 1. The summed E-state index contributed by atoms with van der Waals surface area (Å²) < 4.78 is 5.95. The summed E-state index contributed by atoms with van der Waals surface area (Å²) in [6, 6.07) is 21.3. The van der Waals surface area contributed by atoms with Crippen molar-refractivity contribution >= 4 is 16.9 Å². The fourth-order valence-corrected chi connectivity index (χ4v) is 3.75. The summed E-state index contributed by atoms with van der Waals surface area (Å²) in [7, 11) is 0. The molecule has 0 amide bonds. The number of aliphatic hydroxyl groups is 1. The second-order valence-electron chi connectivity index (χ2n) is 7.76. The maximum Gasteiger partial charge on any atom is 0.340 e. The van der Waals surface area contributed by atoms with Gasteiger partial charge in [0.15, 0.2) is 11.6 Å². The SMILES string of the molecule is CC(O)(c1ccccc1)c1n[nH]c(-c2cccc(Oc3ccc4[nH]ccc4c3C(=O)O)c2)n1. The molecule has 0 spiro atoms. The average molecular weight is 440 g/mol. The zero-order chi connectivity index (χ0) is 23.0. The van der Waals surface area contributed by atoms with Gasteiger partial charge in [0.2, 0.25) is 0 Å². The third kappa shape index (κ3) is 3.72. The van der Waals surface area contributed by atoms with Gasteiger partial charge in [0.25, 0.3) is 0 Å². The highest BCUT2D eigenvalue weighted by molar-refractivity contribution is 6.05. The van der Waals surface area contributed by atoms with Gasteiger partial charge in [-0.2, -0.15) is 5.10 Å². The number of hydrogen-bond acceptors (Lipinski definition) is 5. The van der Waals surface area contributed by atoms with Gasteiger partial charge in [0.05, 0.1) is 0 Å². The molecule has 0 aliphatic rings. The number of fused-ring (bicyclic) bond motifs is 1. The molecule has 1 atom stereocenters. The van der Waals surface area contributed by atoms with Crippen molar-refractivity contribution in [3.63, 3.8) is 0 Å². The number of rotatable bonds is 6. The zero-order valence-electron chi connectivity index (χ0n) is 17.6. The number of carbonyl (C=O) groups is 1. The Kier molecular flexibility index (Phi) is 4.91. The van der Waals surface area contributed by atoms with Crippen LogP contribution in [-0.4, -0.2) is 36.3 Å². The summed E-state index contributed by atoms with van der Waals surface area (Å²) in [6.45, 7) is 1.64. The van der Waals surface area contributed by atoms with Gasteiger partial charge in [-0.05, 0) is 42.8 Å². The van der Waals surface area contributed by atoms with Crippen molar-refractivity contribution in [2.45, 2.75) is 12.5 Å². The smallest absolute Gasteiger partial charge is 0.340 e. The summed E-state index contributed by atoms with van der Waals surface area (Å²) >= 11 is 0. The van der Waals surface area contributed by atoms with E-state index in [9.17, 15) is 15.0 Å². The first-order valence-corrected chi connectivity index (χ1v) is 10.3. The quantitative estimate of drug-likeness (QED) is 0.303. The lowest BCUT2D eigenvalue weighted by Crippen LogP contribution is -2.24. The lowest BCUT2D eigenvalue weighted by molar-refractivity contribution is 0.0696. The van der Waals surface area contributed by atoms with E-state index >= 15 is 0 Å². The highest BCUT2D eigenvalue weighted by Crippen LogP contribution is 2.33. The minimum Gasteiger partial charge on any atom is -0.478 e. The molecule has 4 N–H and O–H groups in total. The molecule has 0 aliphatic heterocycles. The number of ether oxygens (including phenoxy) is 1. The number of aromatic amines is 2. The van der Waals surface area contributed by atoms with E-state index in [1.54, 1.807) is 49.5 Å². The molecule has 0 saturated heterocycles. The van der Waals surface area contributed by atoms with Crippen LogP contribution >= 0.6 is 0 Å². The Morgan fingerprint density at radius 2 is 1.85 bits per heavy atom. The molecule has 0 saturated carbocycles. The van der Waals surface area contributed by atoms with E-state index < -0.39 is 11.6 Å². The molecule has 3 aromatic carbocycles. The first-order chi connectivity index (χ1) is 15.9. The van der Waals surface area contributed by atoms with Crippen molar-refractivity contribution in [3.05, 3.63) is 95.9 Å². The molecular weight excluding hydrogens is 420 g/mol. The predicted octanol–water partition coefficient (Wildman–Crippen LogP) is 4.70. The normalized spacial score (nSPS) is 13.0. The standard InChI is InChI=1S/C25H20N4O4/c1-25(32,16-7-3-2-4-8-16)24-27-22(28-29-24)15-6-5-9-17(14-15)33-20-11-10-19-18(12-13-26-19)21(20)23(30)31/h2-14,26,32H,1H3,(H,30,31)(H,27,28,29). The van der Waals surface area contributed by atoms with Gasteiger partial charge in [-0.3, -0.25) is 5.10 Å². The summed E-state index contributed by atoms with van der Waals surface area (Å²) in [5.41, 5.74) is 0.781. The summed E-state index contributed by atoms with van der Waals surface area (Å²) in [5, 5.41) is 28.4. The average Bonchev–Trinajstić information content (AvgIpc) is 3.50. The molecule has 8 nitrogen and oxygen atoms in total. The maximum atomic E-state index is 11.9. The first-order valence-electron chi connectivity index (χ1n) is 10.3. The summed E-state index contributed by atoms with van der Waals surface area (Å²) in [4.78, 5) is 19.4. The number of H-pyrrole nitrogens is 2. The van der Waals surface area contributed by atoms with Crippen molar-refractivity contribution in [2.75, 3.05) is 0 Å². The number of hydrogen-bond donors (Lipinski definition) is 4. The van der Waals surface area contributed by atoms with Crippen LogP contribution in [0, 0.1) is 0 Å². The van der Waals surface area contributed by atoms with Crippen LogP contribution in [0.15, 0.2) is 79.0 Å². The Morgan fingerprint density at radius 3 is 2.64 bits per heavy atom. The van der Waals surface area contributed by atoms with Crippen molar-refractivity contribution in [3.8, 4) is 22.9 Å². The Balaban J connectivity index is 1.46. The van der Waals surface area contributed by atoms with Gasteiger partial charge >= 0.3 is 5.97 Å². The number of aromatic nitrogens is 4. The van der Waals surface area contributed by atoms with Crippen LogP contribution in [0.4, 0.5) is 0 Å². The molecule has 2 aromatic heterocycles. The van der Waals surface area contributed by atoms with Crippen LogP contribution in [-0.2, 0) is 5.60 Å². The highest BCUT2D eigenvalue weighted by atomic mass is 16.5. The van der Waals surface area contributed by atoms with Crippen LogP contribution in [0.25, 0.3) is 22.3 Å². The molecule has 0 fully saturated rings. The molecule has 164 valence electrons. The van der Waals surface area contributed by atoms with Crippen molar-refractivity contribution in [1.29, 1.82) is 0 Å². The van der Waals surface area contributed by atoms with Crippen molar-refractivity contribution in [1.82, 2.24) is 20.2 Å². The monoisotopic (exact) mass is 440 g/mol. The Hall–Kier alpha value is -4.43. The Labute approximate surface area is 188 Å². The maximum absolute atomic E-state index is 11.9. The van der Waals surface area contributed by atoms with Crippen molar-refractivity contribution in [2.24, 2.45) is 0 Å². The van der Waals surface area contributed by atoms with Gasteiger partial charge < -0.3 is 19.9 Å². The van der Waals surface area contributed by atoms with Crippen molar-refractivity contribution < 1.29 is 19.7 Å². The zero-order valence-corrected chi connectivity index (χ0v) is 17.6. The fraction of sp³-hybridized carbons (Fsp3) is 0.0800. The van der Waals surface area contributed by atoms with E-state index in [0.717, 1.165) is 0 Å². The molecule has 5 rings (SSSR count). The number of carboxylic acids is 1. The predicted molar refractivity (Wildman–Crippen MR) is 122 cm³/mol. The Morgan fingerprint density at radius 1 is 1.03 bits per heavy atom. The largest absolute Gasteiger partial charge is 0.478 e. The molecule has 2 heterocycles. The molecule has 33 heavy (non-hydrogen) atoms. The molecule has 0 aliphatic carbocycles. The van der Waals surface area contributed by atoms with Crippen LogP contribution in [0.3, 0.4) is 0 Å². The number of benzene rings is 3. The lowest BCUT2D eigenvalue weighted by atomic mass is 9.95. The second-order valence-corrected chi connectivity index (χ2v) is 7.76. The van der Waals surface area contributed by atoms with E-state index in [0.29, 0.717) is 33.6 Å². The Bertz CT molecular complexity index is 1450. The third-order valence-electron chi connectivity index (χ3n) is 5.50. The molecule has 0 radical (unpaired) electrons. The molecule has 5 aromatic rings. The van der Waals surface area contributed by atoms with Crippen LogP contribution in [0.1, 0.15) is 28.7 Å². The molecule has 1 unspecified atom stereocenters. The van der Waals surface area contributed by atoms with Crippen LogP contribution in [0.5, 0.6) is 11.5 Å². The van der Waals surface area contributed by atoms with E-state index in [4.69, 9.17) is 4.74 Å². The van der Waals surface area contributed by atoms with Crippen LogP contribution in [0.2, 0.25) is 0 Å². The van der Waals surface area contributed by atoms with Gasteiger partial charge in [0, 0.05) is 22.7 Å². The number of nitrogens with one attached hydrogen (secondary N) is 2. The molecular formula is C25H20N4O4.